The lowest BCUT2D eigenvalue weighted by Gasteiger charge is -2.27. The van der Waals surface area contributed by atoms with Crippen molar-refractivity contribution in [3.05, 3.63) is 97.1 Å². The number of methoxy groups -OCH3 is 2. The molecule has 6 nitrogen and oxygen atoms in total. The highest BCUT2D eigenvalue weighted by molar-refractivity contribution is 5.94. The van der Waals surface area contributed by atoms with Gasteiger partial charge in [-0.3, -0.25) is 5.43 Å². The maximum Gasteiger partial charge on any atom is 0.433 e. The Morgan fingerprint density at radius 3 is 1.75 bits per heavy atom. The fourth-order valence-electron chi connectivity index (χ4n) is 3.86. The summed E-state index contributed by atoms with van der Waals surface area (Å²) in [6.45, 7) is 3.62. The third-order valence-electron chi connectivity index (χ3n) is 5.58. The van der Waals surface area contributed by atoms with E-state index in [1.54, 1.807) is 14.2 Å². The van der Waals surface area contributed by atoms with Crippen LogP contribution in [0.5, 0.6) is 11.5 Å². The molecule has 0 fully saturated rings. The summed E-state index contributed by atoms with van der Waals surface area (Å²) in [7, 11) is 3.17. The Hall–Kier alpha value is -4.45. The molecule has 0 heterocycles. The summed E-state index contributed by atoms with van der Waals surface area (Å²) in [5.74, 6) is 1.09. The van der Waals surface area contributed by atoms with Crippen molar-refractivity contribution in [1.29, 1.82) is 0 Å². The van der Waals surface area contributed by atoms with Gasteiger partial charge in [-0.15, -0.1) is 0 Å². The van der Waals surface area contributed by atoms with E-state index in [4.69, 9.17) is 14.2 Å². The molecule has 4 rings (SSSR count). The Morgan fingerprint density at radius 1 is 0.694 bits per heavy atom. The van der Waals surface area contributed by atoms with E-state index < -0.39 is 6.09 Å². The average Bonchev–Trinajstić information content (AvgIpc) is 2.91. The van der Waals surface area contributed by atoms with Crippen LogP contribution >= 0.6 is 0 Å². The van der Waals surface area contributed by atoms with Gasteiger partial charge in [-0.05, 0) is 60.4 Å². The van der Waals surface area contributed by atoms with E-state index in [-0.39, 0.29) is 6.10 Å². The molecule has 1 N–H and O–H groups in total. The molecule has 0 unspecified atom stereocenters. The second kappa shape index (κ2) is 11.3. The van der Waals surface area contributed by atoms with Crippen LogP contribution in [0, 0.1) is 0 Å². The number of benzene rings is 4. The zero-order chi connectivity index (χ0) is 25.5. The molecule has 0 saturated heterocycles. The summed E-state index contributed by atoms with van der Waals surface area (Å²) in [4.78, 5) is 13.4. The molecular weight excluding hydrogens is 452 g/mol. The van der Waals surface area contributed by atoms with E-state index in [1.807, 2.05) is 111 Å². The van der Waals surface area contributed by atoms with Crippen molar-refractivity contribution in [2.75, 3.05) is 24.7 Å². The predicted molar refractivity (Wildman–Crippen MR) is 145 cm³/mol. The first-order valence-electron chi connectivity index (χ1n) is 11.7. The number of amides is 1. The van der Waals surface area contributed by atoms with Gasteiger partial charge < -0.3 is 14.2 Å². The monoisotopic (exact) mass is 482 g/mol. The maximum atomic E-state index is 13.4. The van der Waals surface area contributed by atoms with Gasteiger partial charge in [-0.2, -0.15) is 5.01 Å². The number of hydrogen-bond donors (Lipinski definition) is 1. The fourth-order valence-corrected chi connectivity index (χ4v) is 3.86. The predicted octanol–water partition coefficient (Wildman–Crippen LogP) is 7.42. The third-order valence-corrected chi connectivity index (χ3v) is 5.58. The van der Waals surface area contributed by atoms with Crippen molar-refractivity contribution in [2.24, 2.45) is 0 Å². The van der Waals surface area contributed by atoms with Crippen molar-refractivity contribution in [3.8, 4) is 33.8 Å². The van der Waals surface area contributed by atoms with E-state index in [0.717, 1.165) is 22.3 Å². The van der Waals surface area contributed by atoms with Crippen LogP contribution in [-0.2, 0) is 4.74 Å². The van der Waals surface area contributed by atoms with Crippen LogP contribution in [0.3, 0.4) is 0 Å². The molecule has 0 aliphatic rings. The van der Waals surface area contributed by atoms with E-state index in [2.05, 4.69) is 5.43 Å². The molecule has 4 aromatic carbocycles. The molecule has 0 bridgehead atoms. The Morgan fingerprint density at radius 2 is 1.22 bits per heavy atom. The first kappa shape index (κ1) is 24.7. The number of carbonyl (C=O) groups is 1. The number of hydrazine groups is 1. The topological polar surface area (TPSA) is 60.0 Å². The maximum absolute atomic E-state index is 13.4. The van der Waals surface area contributed by atoms with E-state index in [0.29, 0.717) is 22.9 Å². The molecule has 0 saturated carbocycles. The number of carbonyl (C=O) groups excluding carboxylic acids is 1. The number of ether oxygens (including phenoxy) is 3. The van der Waals surface area contributed by atoms with Gasteiger partial charge in [0.15, 0.2) is 0 Å². The number of hydrogen-bond acceptors (Lipinski definition) is 5. The lowest BCUT2D eigenvalue weighted by Crippen LogP contribution is -2.38. The highest BCUT2D eigenvalue weighted by Crippen LogP contribution is 2.37. The summed E-state index contributed by atoms with van der Waals surface area (Å²) in [6, 6.07) is 31.4. The Labute approximate surface area is 212 Å². The van der Waals surface area contributed by atoms with Gasteiger partial charge in [0.2, 0.25) is 0 Å². The minimum Gasteiger partial charge on any atom is -0.495 e. The zero-order valence-electron chi connectivity index (χ0n) is 20.9. The van der Waals surface area contributed by atoms with Crippen LogP contribution in [0.1, 0.15) is 13.8 Å². The quantitative estimate of drug-likeness (QED) is 0.265. The van der Waals surface area contributed by atoms with Gasteiger partial charge in [-0.1, -0.05) is 72.8 Å². The molecule has 0 radical (unpaired) electrons. The Bertz CT molecular complexity index is 1310. The molecule has 36 heavy (non-hydrogen) atoms. The lowest BCUT2D eigenvalue weighted by atomic mass is 10.0. The SMILES string of the molecule is COc1ccc(-c2ccccc2)cc1NN(C(=O)OC(C)C)c1cc(-c2ccccc2)ccc1OC. The molecule has 0 aliphatic carbocycles. The molecule has 184 valence electrons. The minimum atomic E-state index is -0.569. The molecule has 0 aliphatic heterocycles. The van der Waals surface area contributed by atoms with Crippen LogP contribution in [-0.4, -0.2) is 26.4 Å². The summed E-state index contributed by atoms with van der Waals surface area (Å²) in [5.41, 5.74) is 8.32. The lowest BCUT2D eigenvalue weighted by molar-refractivity contribution is 0.123. The third kappa shape index (κ3) is 5.61. The molecule has 0 spiro atoms. The molecular formula is C30H30N2O4. The first-order valence-corrected chi connectivity index (χ1v) is 11.7. The smallest absolute Gasteiger partial charge is 0.433 e. The van der Waals surface area contributed by atoms with Gasteiger partial charge in [-0.25, -0.2) is 4.79 Å². The van der Waals surface area contributed by atoms with Crippen LogP contribution < -0.4 is 19.9 Å². The molecule has 0 aromatic heterocycles. The normalized spacial score (nSPS) is 10.6. The van der Waals surface area contributed by atoms with Gasteiger partial charge in [0.25, 0.3) is 0 Å². The van der Waals surface area contributed by atoms with Crippen molar-refractivity contribution >= 4 is 17.5 Å². The van der Waals surface area contributed by atoms with Gasteiger partial charge >= 0.3 is 6.09 Å². The molecule has 1 amide bonds. The number of nitrogens with one attached hydrogen (secondary N) is 1. The van der Waals surface area contributed by atoms with Crippen LogP contribution in [0.2, 0.25) is 0 Å². The number of rotatable bonds is 8. The summed E-state index contributed by atoms with van der Waals surface area (Å²) in [5, 5.41) is 1.36. The second-order valence-electron chi connectivity index (χ2n) is 8.41. The van der Waals surface area contributed by atoms with Crippen LogP contribution in [0.25, 0.3) is 22.3 Å². The van der Waals surface area contributed by atoms with Gasteiger partial charge in [0.1, 0.15) is 17.2 Å². The summed E-state index contributed by atoms with van der Waals surface area (Å²) in [6.07, 6.45) is -0.886. The standard InChI is InChI=1S/C30H30N2O4/c1-21(2)36-30(33)32(27-20-25(16-18-29(27)35-4)23-13-9-6-10-14-23)31-26-19-24(15-17-28(26)34-3)22-11-7-5-8-12-22/h5-21,31H,1-4H3. The highest BCUT2D eigenvalue weighted by atomic mass is 16.6. The second-order valence-corrected chi connectivity index (χ2v) is 8.41. The fraction of sp³-hybridized carbons (Fsp3) is 0.167. The summed E-state index contributed by atoms with van der Waals surface area (Å²) >= 11 is 0. The average molecular weight is 483 g/mol. The van der Waals surface area contributed by atoms with Crippen molar-refractivity contribution < 1.29 is 19.0 Å². The van der Waals surface area contributed by atoms with E-state index >= 15 is 0 Å². The van der Waals surface area contributed by atoms with Crippen LogP contribution in [0.4, 0.5) is 16.2 Å². The zero-order valence-corrected chi connectivity index (χ0v) is 20.9. The van der Waals surface area contributed by atoms with E-state index in [9.17, 15) is 4.79 Å². The van der Waals surface area contributed by atoms with Gasteiger partial charge in [0, 0.05) is 0 Å². The molecule has 0 atom stereocenters. The van der Waals surface area contributed by atoms with E-state index in [1.165, 1.54) is 5.01 Å². The van der Waals surface area contributed by atoms with Crippen molar-refractivity contribution in [2.45, 2.75) is 20.0 Å². The largest absolute Gasteiger partial charge is 0.495 e. The van der Waals surface area contributed by atoms with Crippen molar-refractivity contribution in [1.82, 2.24) is 0 Å². The van der Waals surface area contributed by atoms with Gasteiger partial charge in [0.05, 0.1) is 26.0 Å². The summed E-state index contributed by atoms with van der Waals surface area (Å²) < 4.78 is 16.9. The highest BCUT2D eigenvalue weighted by Gasteiger charge is 2.24. The van der Waals surface area contributed by atoms with Crippen LogP contribution in [0.15, 0.2) is 97.1 Å². The Kier molecular flexibility index (Phi) is 7.75. The van der Waals surface area contributed by atoms with Crippen molar-refractivity contribution in [3.63, 3.8) is 0 Å². The minimum absolute atomic E-state index is 0.317. The Balaban J connectivity index is 1.81. The first-order chi connectivity index (χ1) is 17.5. The molecule has 6 heteroatoms. The number of nitrogens with zero attached hydrogens (tertiary/aromatic N) is 1. The number of anilines is 2. The molecule has 4 aromatic rings.